The molecule has 242 valence electrons. The second kappa shape index (κ2) is 11.6. The van der Waals surface area contributed by atoms with E-state index in [-0.39, 0.29) is 34.7 Å². The van der Waals surface area contributed by atoms with Gasteiger partial charge in [-0.05, 0) is 66.8 Å². The lowest BCUT2D eigenvalue weighted by atomic mass is 9.90. The van der Waals surface area contributed by atoms with Gasteiger partial charge in [-0.25, -0.2) is 9.97 Å². The number of aromatic nitrogens is 5. The maximum Gasteiger partial charge on any atom is 0.280 e. The van der Waals surface area contributed by atoms with Crippen LogP contribution >= 0.6 is 0 Å². The van der Waals surface area contributed by atoms with Crippen LogP contribution in [0.3, 0.4) is 0 Å². The third-order valence-electron chi connectivity index (χ3n) is 9.33. The molecule has 12 heteroatoms. The normalized spacial score (nSPS) is 16.1. The number of anilines is 2. The molecule has 1 saturated heterocycles. The molecule has 1 aliphatic carbocycles. The molecule has 0 bridgehead atoms. The zero-order valence-corrected chi connectivity index (χ0v) is 27.0. The SMILES string of the molecule is CN1CCN(C(=O)c2ccc(Nc3cc(-c4ccnc(-n5ccn6c7c(cc6c5=O)CC(C)(C)C7)c4CO)cn(C)c3=O)nc2)CC1. The number of fused-ring (bicyclic) bond motifs is 3. The largest absolute Gasteiger partial charge is 0.392 e. The topological polar surface area (TPSA) is 130 Å². The van der Waals surface area contributed by atoms with Crippen molar-refractivity contribution in [3.63, 3.8) is 0 Å². The molecule has 1 fully saturated rings. The summed E-state index contributed by atoms with van der Waals surface area (Å²) in [5, 5.41) is 13.7. The lowest BCUT2D eigenvalue weighted by Gasteiger charge is -2.32. The van der Waals surface area contributed by atoms with E-state index in [0.29, 0.717) is 52.5 Å². The van der Waals surface area contributed by atoms with E-state index < -0.39 is 0 Å². The van der Waals surface area contributed by atoms with Crippen molar-refractivity contribution in [1.82, 2.24) is 33.3 Å². The van der Waals surface area contributed by atoms with E-state index in [9.17, 15) is 19.5 Å². The van der Waals surface area contributed by atoms with Crippen LogP contribution in [0.15, 0.2) is 70.9 Å². The van der Waals surface area contributed by atoms with E-state index >= 15 is 0 Å². The number of carbonyl (C=O) groups excluding carboxylic acids is 1. The molecule has 0 radical (unpaired) electrons. The molecule has 0 spiro atoms. The first-order chi connectivity index (χ1) is 22.5. The second-order valence-corrected chi connectivity index (χ2v) is 13.4. The summed E-state index contributed by atoms with van der Waals surface area (Å²) >= 11 is 0. The Hall–Kier alpha value is -5.07. The van der Waals surface area contributed by atoms with Gasteiger partial charge in [-0.15, -0.1) is 0 Å². The van der Waals surface area contributed by atoms with Crippen LogP contribution in [0.4, 0.5) is 11.5 Å². The number of aliphatic hydroxyl groups excluding tert-OH is 1. The smallest absolute Gasteiger partial charge is 0.280 e. The van der Waals surface area contributed by atoms with E-state index in [1.165, 1.54) is 20.9 Å². The highest BCUT2D eigenvalue weighted by atomic mass is 16.3. The van der Waals surface area contributed by atoms with Crippen molar-refractivity contribution >= 4 is 22.9 Å². The Morgan fingerprint density at radius 1 is 0.979 bits per heavy atom. The molecule has 0 aromatic carbocycles. The number of hydrogen-bond acceptors (Lipinski definition) is 8. The van der Waals surface area contributed by atoms with E-state index in [1.807, 2.05) is 28.6 Å². The standard InChI is InChI=1S/C35H38N8O4/c1-35(2)17-23-16-28-34(47)43(14-13-42(28)29(23)18-35)31-26(21-44)25(7-8-36-31)24-15-27(33(46)40(4)20-24)38-30-6-5-22(19-37-30)32(45)41-11-9-39(3)10-12-41/h5-8,13-16,19-20,44H,9-12,17-18,21H2,1-4H3,(H,37,38). The zero-order chi connectivity index (χ0) is 33.0. The van der Waals surface area contributed by atoms with Crippen LogP contribution in [0.25, 0.3) is 22.5 Å². The van der Waals surface area contributed by atoms with Crippen LogP contribution in [0.5, 0.6) is 0 Å². The molecule has 0 unspecified atom stereocenters. The summed E-state index contributed by atoms with van der Waals surface area (Å²) < 4.78 is 4.89. The predicted molar refractivity (Wildman–Crippen MR) is 179 cm³/mol. The van der Waals surface area contributed by atoms with E-state index in [1.54, 1.807) is 49.9 Å². The summed E-state index contributed by atoms with van der Waals surface area (Å²) in [5.41, 5.74) is 5.05. The summed E-state index contributed by atoms with van der Waals surface area (Å²) in [6.45, 7) is 7.08. The third-order valence-corrected chi connectivity index (χ3v) is 9.33. The van der Waals surface area contributed by atoms with Gasteiger partial charge in [-0.1, -0.05) is 13.8 Å². The molecule has 7 rings (SSSR count). The fourth-order valence-electron chi connectivity index (χ4n) is 6.82. The minimum absolute atomic E-state index is 0.0663. The Bertz CT molecular complexity index is 2140. The van der Waals surface area contributed by atoms with Crippen LogP contribution in [0, 0.1) is 5.41 Å². The van der Waals surface area contributed by atoms with Gasteiger partial charge < -0.3 is 29.2 Å². The highest BCUT2D eigenvalue weighted by Crippen LogP contribution is 2.37. The minimum atomic E-state index is -0.377. The molecule has 2 N–H and O–H groups in total. The van der Waals surface area contributed by atoms with Gasteiger partial charge in [0.25, 0.3) is 17.0 Å². The number of rotatable bonds is 6. The molecular weight excluding hydrogens is 596 g/mol. The molecule has 0 saturated carbocycles. The van der Waals surface area contributed by atoms with Crippen molar-refractivity contribution in [2.75, 3.05) is 38.5 Å². The van der Waals surface area contributed by atoms with Gasteiger partial charge in [0.1, 0.15) is 22.8 Å². The quantitative estimate of drug-likeness (QED) is 0.292. The van der Waals surface area contributed by atoms with Gasteiger partial charge in [-0.2, -0.15) is 0 Å². The lowest BCUT2D eigenvalue weighted by molar-refractivity contribution is 0.0663. The number of aliphatic hydroxyl groups is 1. The Kier molecular flexibility index (Phi) is 7.56. The second-order valence-electron chi connectivity index (χ2n) is 13.4. The molecule has 5 aromatic rings. The fourth-order valence-corrected chi connectivity index (χ4v) is 6.82. The van der Waals surface area contributed by atoms with Gasteiger partial charge in [0, 0.05) is 81.0 Å². The molecule has 1 amide bonds. The Morgan fingerprint density at radius 2 is 1.77 bits per heavy atom. The van der Waals surface area contributed by atoms with Crippen LogP contribution in [-0.2, 0) is 26.5 Å². The van der Waals surface area contributed by atoms with Crippen molar-refractivity contribution in [2.45, 2.75) is 33.3 Å². The maximum atomic E-state index is 13.8. The predicted octanol–water partition coefficient (Wildman–Crippen LogP) is 2.99. The molecule has 5 aromatic heterocycles. The minimum Gasteiger partial charge on any atom is -0.392 e. The number of piperazine rings is 1. The van der Waals surface area contributed by atoms with Gasteiger partial charge in [0.15, 0.2) is 0 Å². The summed E-state index contributed by atoms with van der Waals surface area (Å²) in [7, 11) is 3.69. The first kappa shape index (κ1) is 30.6. The van der Waals surface area contributed by atoms with Crippen molar-refractivity contribution < 1.29 is 9.90 Å². The molecule has 1 aliphatic heterocycles. The van der Waals surface area contributed by atoms with Gasteiger partial charge >= 0.3 is 0 Å². The number of pyridine rings is 3. The average Bonchev–Trinajstić information content (AvgIpc) is 3.55. The molecule has 12 nitrogen and oxygen atoms in total. The number of hydrogen-bond donors (Lipinski definition) is 2. The molecule has 47 heavy (non-hydrogen) atoms. The molecule has 0 atom stereocenters. The van der Waals surface area contributed by atoms with E-state index in [2.05, 4.69) is 34.0 Å². The van der Waals surface area contributed by atoms with Crippen molar-refractivity contribution in [2.24, 2.45) is 12.5 Å². The van der Waals surface area contributed by atoms with Gasteiger partial charge in [0.05, 0.1) is 12.2 Å². The lowest BCUT2D eigenvalue weighted by Crippen LogP contribution is -2.47. The first-order valence-corrected chi connectivity index (χ1v) is 15.8. The van der Waals surface area contributed by atoms with Crippen LogP contribution in [-0.4, -0.2) is 77.5 Å². The summed E-state index contributed by atoms with van der Waals surface area (Å²) in [6.07, 6.45) is 10.2. The highest BCUT2D eigenvalue weighted by Gasteiger charge is 2.32. The van der Waals surface area contributed by atoms with Crippen LogP contribution in [0.1, 0.15) is 41.0 Å². The van der Waals surface area contributed by atoms with Crippen molar-refractivity contribution in [3.05, 3.63) is 104 Å². The van der Waals surface area contributed by atoms with E-state index in [4.69, 9.17) is 0 Å². The molecule has 2 aliphatic rings. The number of nitrogens with one attached hydrogen (secondary N) is 1. The number of likely N-dealkylation sites (N-methyl/N-ethyl adjacent to an activating group) is 1. The first-order valence-electron chi connectivity index (χ1n) is 15.8. The van der Waals surface area contributed by atoms with Gasteiger partial charge in [0.2, 0.25) is 0 Å². The molecule has 6 heterocycles. The monoisotopic (exact) mass is 634 g/mol. The third kappa shape index (κ3) is 5.53. The fraction of sp³-hybridized carbons (Fsp3) is 0.343. The zero-order valence-electron chi connectivity index (χ0n) is 27.0. The highest BCUT2D eigenvalue weighted by molar-refractivity contribution is 5.94. The number of nitrogens with zero attached hydrogens (tertiary/aromatic N) is 7. The maximum absolute atomic E-state index is 13.8. The summed E-state index contributed by atoms with van der Waals surface area (Å²) in [6, 6.07) is 8.81. The Balaban J connectivity index is 1.20. The number of amides is 1. The van der Waals surface area contributed by atoms with Crippen LogP contribution < -0.4 is 16.4 Å². The van der Waals surface area contributed by atoms with Crippen molar-refractivity contribution in [3.8, 4) is 16.9 Å². The number of aryl methyl sites for hydroxylation is 1. The van der Waals surface area contributed by atoms with Crippen LogP contribution in [0.2, 0.25) is 0 Å². The Labute approximate surface area is 271 Å². The van der Waals surface area contributed by atoms with Crippen molar-refractivity contribution in [1.29, 1.82) is 0 Å². The summed E-state index contributed by atoms with van der Waals surface area (Å²) in [5.74, 6) is 0.669. The molecular formula is C35H38N8O4. The summed E-state index contributed by atoms with van der Waals surface area (Å²) in [4.78, 5) is 52.8. The number of carbonyl (C=O) groups is 1. The van der Waals surface area contributed by atoms with Gasteiger partial charge in [-0.3, -0.25) is 19.0 Å². The average molecular weight is 635 g/mol. The van der Waals surface area contributed by atoms with E-state index in [0.717, 1.165) is 31.6 Å². The Morgan fingerprint density at radius 3 is 2.49 bits per heavy atom.